The predicted octanol–water partition coefficient (Wildman–Crippen LogP) is 5.71. The van der Waals surface area contributed by atoms with Crippen LogP contribution in [0.25, 0.3) is 0 Å². The van der Waals surface area contributed by atoms with Crippen molar-refractivity contribution in [3.63, 3.8) is 0 Å². The maximum atomic E-state index is 5.39. The van der Waals surface area contributed by atoms with Gasteiger partial charge in [-0.15, -0.1) is 0 Å². The Hall–Kier alpha value is -1.000. The Bertz CT molecular complexity index is 657. The summed E-state index contributed by atoms with van der Waals surface area (Å²) in [5.74, 6) is 0.838. The van der Waals surface area contributed by atoms with Crippen LogP contribution in [-0.4, -0.2) is 7.11 Å². The van der Waals surface area contributed by atoms with E-state index < -0.39 is 0 Å². The van der Waals surface area contributed by atoms with Gasteiger partial charge in [0.25, 0.3) is 0 Å². The van der Waals surface area contributed by atoms with Gasteiger partial charge in [0.2, 0.25) is 0 Å². The Morgan fingerprint density at radius 3 is 2.76 bits per heavy atom. The van der Waals surface area contributed by atoms with Gasteiger partial charge >= 0.3 is 0 Å². The van der Waals surface area contributed by atoms with E-state index >= 15 is 0 Å². The molecule has 0 spiro atoms. The predicted molar refractivity (Wildman–Crippen MR) is 94.1 cm³/mol. The second kappa shape index (κ2) is 6.41. The highest BCUT2D eigenvalue weighted by Crippen LogP contribution is 2.38. The Balaban J connectivity index is 1.91. The Labute approximate surface area is 142 Å². The molecule has 2 aromatic carbocycles. The van der Waals surface area contributed by atoms with Gasteiger partial charge in [0.05, 0.1) is 23.3 Å². The minimum atomic E-state index is 0.358. The van der Waals surface area contributed by atoms with Crippen molar-refractivity contribution in [3.05, 3.63) is 56.5 Å². The lowest BCUT2D eigenvalue weighted by molar-refractivity contribution is 0.412. The van der Waals surface area contributed by atoms with E-state index in [1.165, 1.54) is 24.0 Å². The van der Waals surface area contributed by atoms with Gasteiger partial charge in [-0.2, -0.15) is 0 Å². The molecule has 21 heavy (non-hydrogen) atoms. The van der Waals surface area contributed by atoms with E-state index in [0.717, 1.165) is 26.8 Å². The van der Waals surface area contributed by atoms with Gasteiger partial charge in [-0.1, -0.05) is 24.3 Å². The molecule has 0 aromatic heterocycles. The van der Waals surface area contributed by atoms with Crippen molar-refractivity contribution in [1.82, 2.24) is 0 Å². The Morgan fingerprint density at radius 2 is 1.95 bits per heavy atom. The molecule has 3 rings (SSSR count). The zero-order chi connectivity index (χ0) is 14.8. The van der Waals surface area contributed by atoms with Crippen LogP contribution < -0.4 is 10.1 Å². The Morgan fingerprint density at radius 1 is 1.14 bits per heavy atom. The molecular weight excluding hydrogens is 394 g/mol. The van der Waals surface area contributed by atoms with Crippen LogP contribution in [0, 0.1) is 0 Å². The highest BCUT2D eigenvalue weighted by molar-refractivity contribution is 9.11. The lowest BCUT2D eigenvalue weighted by Crippen LogP contribution is -2.17. The molecule has 1 aliphatic carbocycles. The number of benzene rings is 2. The number of ether oxygens (including phenoxy) is 1. The van der Waals surface area contributed by atoms with Crippen molar-refractivity contribution in [3.8, 4) is 5.75 Å². The first kappa shape index (κ1) is 14.9. The number of rotatable bonds is 3. The molecule has 1 aliphatic rings. The summed E-state index contributed by atoms with van der Waals surface area (Å²) in [5.41, 5.74) is 3.94. The number of nitrogens with one attached hydrogen (secondary N) is 1. The van der Waals surface area contributed by atoms with Crippen molar-refractivity contribution < 1.29 is 4.74 Å². The molecule has 1 unspecified atom stereocenters. The molecule has 0 saturated carbocycles. The van der Waals surface area contributed by atoms with Crippen LogP contribution in [0.1, 0.15) is 30.0 Å². The zero-order valence-corrected chi connectivity index (χ0v) is 15.0. The lowest BCUT2D eigenvalue weighted by Gasteiger charge is -2.28. The third kappa shape index (κ3) is 3.11. The van der Waals surface area contributed by atoms with Crippen molar-refractivity contribution >= 4 is 37.5 Å². The van der Waals surface area contributed by atoms with Gasteiger partial charge in [0.15, 0.2) is 0 Å². The number of methoxy groups -OCH3 is 1. The third-order valence-corrected chi connectivity index (χ3v) is 5.22. The van der Waals surface area contributed by atoms with Gasteiger partial charge in [-0.05, 0) is 68.3 Å². The fraction of sp³-hybridized carbons (Fsp3) is 0.294. The number of anilines is 1. The maximum absolute atomic E-state index is 5.39. The van der Waals surface area contributed by atoms with Crippen LogP contribution in [0.3, 0.4) is 0 Å². The molecule has 0 bridgehead atoms. The molecule has 110 valence electrons. The Kier molecular flexibility index (Phi) is 4.55. The number of hydrogen-bond acceptors (Lipinski definition) is 2. The number of hydrogen-bond donors (Lipinski definition) is 1. The molecule has 0 saturated heterocycles. The molecule has 2 nitrogen and oxygen atoms in total. The summed E-state index contributed by atoms with van der Waals surface area (Å²) in [6.07, 6.45) is 3.56. The zero-order valence-electron chi connectivity index (χ0n) is 11.8. The van der Waals surface area contributed by atoms with Crippen LogP contribution in [0.4, 0.5) is 5.69 Å². The van der Waals surface area contributed by atoms with Crippen LogP contribution in [-0.2, 0) is 6.42 Å². The largest absolute Gasteiger partial charge is 0.495 e. The molecular formula is C17H17Br2NO. The summed E-state index contributed by atoms with van der Waals surface area (Å²) in [6, 6.07) is 13.1. The average Bonchev–Trinajstić information content (AvgIpc) is 2.50. The maximum Gasteiger partial charge on any atom is 0.135 e. The van der Waals surface area contributed by atoms with E-state index in [0.29, 0.717) is 6.04 Å². The average molecular weight is 411 g/mol. The van der Waals surface area contributed by atoms with Crippen LogP contribution in [0.5, 0.6) is 5.75 Å². The smallest absolute Gasteiger partial charge is 0.135 e. The highest BCUT2D eigenvalue weighted by atomic mass is 79.9. The van der Waals surface area contributed by atoms with Crippen LogP contribution in [0.15, 0.2) is 45.3 Å². The van der Waals surface area contributed by atoms with Crippen molar-refractivity contribution in [1.29, 1.82) is 0 Å². The van der Waals surface area contributed by atoms with Gasteiger partial charge in [-0.25, -0.2) is 0 Å². The minimum Gasteiger partial charge on any atom is -0.495 e. The van der Waals surface area contributed by atoms with Gasteiger partial charge in [0.1, 0.15) is 5.75 Å². The van der Waals surface area contributed by atoms with E-state index in [1.54, 1.807) is 7.11 Å². The fourth-order valence-corrected chi connectivity index (χ4v) is 4.16. The highest BCUT2D eigenvalue weighted by Gasteiger charge is 2.20. The molecule has 0 amide bonds. The van der Waals surface area contributed by atoms with Crippen LogP contribution >= 0.6 is 31.9 Å². The second-order valence-electron chi connectivity index (χ2n) is 5.25. The van der Waals surface area contributed by atoms with Crippen LogP contribution in [0.2, 0.25) is 0 Å². The van der Waals surface area contributed by atoms with Crippen molar-refractivity contribution in [2.24, 2.45) is 0 Å². The fourth-order valence-electron chi connectivity index (χ4n) is 2.89. The summed E-state index contributed by atoms with van der Waals surface area (Å²) in [6.45, 7) is 0. The molecule has 0 radical (unpaired) electrons. The minimum absolute atomic E-state index is 0.358. The van der Waals surface area contributed by atoms with Gasteiger partial charge in [-0.3, -0.25) is 0 Å². The lowest BCUT2D eigenvalue weighted by atomic mass is 9.87. The summed E-state index contributed by atoms with van der Waals surface area (Å²) >= 11 is 7.14. The topological polar surface area (TPSA) is 21.3 Å². The standard InChI is InChI=1S/C17H17Br2NO/c1-21-17-10-16(13(18)9-14(17)19)20-15-8-4-6-11-5-2-3-7-12(11)15/h2-3,5,7,9-10,15,20H,4,6,8H2,1H3. The number of fused-ring (bicyclic) bond motifs is 1. The second-order valence-corrected chi connectivity index (χ2v) is 6.96. The number of halogens is 2. The SMILES string of the molecule is COc1cc(NC2CCCc3ccccc32)c(Br)cc1Br. The first-order valence-electron chi connectivity index (χ1n) is 7.06. The van der Waals surface area contributed by atoms with E-state index in [2.05, 4.69) is 61.4 Å². The molecule has 0 heterocycles. The molecule has 1 atom stereocenters. The molecule has 1 N–H and O–H groups in total. The van der Waals surface area contributed by atoms with Crippen molar-refractivity contribution in [2.45, 2.75) is 25.3 Å². The van der Waals surface area contributed by atoms with E-state index in [-0.39, 0.29) is 0 Å². The molecule has 0 aliphatic heterocycles. The normalized spacial score (nSPS) is 17.2. The summed E-state index contributed by atoms with van der Waals surface area (Å²) in [4.78, 5) is 0. The van der Waals surface area contributed by atoms with E-state index in [1.807, 2.05) is 12.1 Å². The van der Waals surface area contributed by atoms with E-state index in [4.69, 9.17) is 4.74 Å². The quantitative estimate of drug-likeness (QED) is 0.699. The van der Waals surface area contributed by atoms with E-state index in [9.17, 15) is 0 Å². The van der Waals surface area contributed by atoms with Crippen molar-refractivity contribution in [2.75, 3.05) is 12.4 Å². The van der Waals surface area contributed by atoms with Gasteiger partial charge < -0.3 is 10.1 Å². The first-order chi connectivity index (χ1) is 10.2. The first-order valence-corrected chi connectivity index (χ1v) is 8.65. The molecule has 0 fully saturated rings. The summed E-state index contributed by atoms with van der Waals surface area (Å²) in [7, 11) is 1.69. The molecule has 2 aromatic rings. The summed E-state index contributed by atoms with van der Waals surface area (Å²) in [5, 5.41) is 3.66. The monoisotopic (exact) mass is 409 g/mol. The third-order valence-electron chi connectivity index (χ3n) is 3.94. The van der Waals surface area contributed by atoms with Gasteiger partial charge in [0, 0.05) is 10.5 Å². The molecule has 4 heteroatoms. The summed E-state index contributed by atoms with van der Waals surface area (Å²) < 4.78 is 7.38. The number of aryl methyl sites for hydroxylation is 1.